The molecule has 0 spiro atoms. The van der Waals surface area contributed by atoms with Gasteiger partial charge in [-0.2, -0.15) is 0 Å². The summed E-state index contributed by atoms with van der Waals surface area (Å²) in [6, 6.07) is 3.52. The van der Waals surface area contributed by atoms with Gasteiger partial charge < -0.3 is 9.84 Å². The van der Waals surface area contributed by atoms with E-state index in [-0.39, 0.29) is 0 Å². The number of nitrogens with zero attached hydrogens (tertiary/aromatic N) is 1. The van der Waals surface area contributed by atoms with Crippen molar-refractivity contribution in [1.82, 2.24) is 4.98 Å². The molecule has 1 aromatic rings. The Morgan fingerprint density at radius 3 is 2.88 bits per heavy atom. The minimum absolute atomic E-state index is 0.509. The number of aromatic nitrogens is 1. The predicted octanol–water partition coefficient (Wildman–Crippen LogP) is 2.45. The normalized spacial score (nSPS) is 12.1. The number of aliphatic carboxylic acids is 1. The molecule has 16 heavy (non-hydrogen) atoms. The van der Waals surface area contributed by atoms with E-state index in [0.29, 0.717) is 24.5 Å². The Kier molecular flexibility index (Phi) is 4.76. The second-order valence-corrected chi connectivity index (χ2v) is 3.53. The van der Waals surface area contributed by atoms with Gasteiger partial charge in [0, 0.05) is 6.20 Å². The molecule has 88 valence electrons. The number of carboxylic acid groups (broad SMARTS) is 1. The molecule has 1 N–H and O–H groups in total. The van der Waals surface area contributed by atoms with E-state index < -0.39 is 11.9 Å². The first-order valence-electron chi connectivity index (χ1n) is 5.51. The van der Waals surface area contributed by atoms with Crippen LogP contribution in [-0.4, -0.2) is 22.7 Å². The zero-order chi connectivity index (χ0) is 12.0. The van der Waals surface area contributed by atoms with Gasteiger partial charge in [-0.15, -0.1) is 0 Å². The number of carbonyl (C=O) groups is 1. The first-order valence-corrected chi connectivity index (χ1v) is 5.51. The van der Waals surface area contributed by atoms with E-state index in [4.69, 9.17) is 9.84 Å². The fraction of sp³-hybridized carbons (Fsp3) is 0.500. The maximum atomic E-state index is 11.1. The Morgan fingerprint density at radius 1 is 1.56 bits per heavy atom. The Hall–Kier alpha value is -1.58. The van der Waals surface area contributed by atoms with Crippen LogP contribution >= 0.6 is 0 Å². The average molecular weight is 223 g/mol. The van der Waals surface area contributed by atoms with Gasteiger partial charge in [0.2, 0.25) is 0 Å². The van der Waals surface area contributed by atoms with Crippen LogP contribution in [0.1, 0.15) is 38.3 Å². The molecule has 0 saturated carbocycles. The largest absolute Gasteiger partial charge is 0.492 e. The Bertz CT molecular complexity index is 352. The summed E-state index contributed by atoms with van der Waals surface area (Å²) in [6.45, 7) is 4.41. The van der Waals surface area contributed by atoms with E-state index in [2.05, 4.69) is 4.98 Å². The van der Waals surface area contributed by atoms with Crippen molar-refractivity contribution in [3.63, 3.8) is 0 Å². The number of ether oxygens (including phenoxy) is 1. The third-order valence-corrected chi connectivity index (χ3v) is 2.30. The summed E-state index contributed by atoms with van der Waals surface area (Å²) in [6.07, 6.45) is 2.99. The molecule has 0 aliphatic heterocycles. The molecule has 1 aromatic heterocycles. The van der Waals surface area contributed by atoms with Crippen molar-refractivity contribution in [3.8, 4) is 5.75 Å². The van der Waals surface area contributed by atoms with Crippen molar-refractivity contribution in [2.24, 2.45) is 0 Å². The highest BCUT2D eigenvalue weighted by molar-refractivity contribution is 5.76. The molecular weight excluding hydrogens is 206 g/mol. The van der Waals surface area contributed by atoms with Crippen molar-refractivity contribution in [1.29, 1.82) is 0 Å². The highest BCUT2D eigenvalue weighted by Gasteiger charge is 2.22. The van der Waals surface area contributed by atoms with Gasteiger partial charge in [0.25, 0.3) is 0 Å². The van der Waals surface area contributed by atoms with Crippen LogP contribution in [0, 0.1) is 0 Å². The number of hydrogen-bond acceptors (Lipinski definition) is 3. The number of rotatable bonds is 6. The SMILES string of the molecule is CCCOc1cccnc1C(CC)C(=O)O. The second kappa shape index (κ2) is 6.10. The molecule has 0 bridgehead atoms. The van der Waals surface area contributed by atoms with Crippen LogP contribution in [0.5, 0.6) is 5.75 Å². The summed E-state index contributed by atoms with van der Waals surface area (Å²) in [5, 5.41) is 9.08. The zero-order valence-electron chi connectivity index (χ0n) is 9.64. The summed E-state index contributed by atoms with van der Waals surface area (Å²) in [5.41, 5.74) is 0.519. The lowest BCUT2D eigenvalue weighted by molar-refractivity contribution is -0.139. The van der Waals surface area contributed by atoms with Gasteiger partial charge in [0.05, 0.1) is 12.3 Å². The average Bonchev–Trinajstić information content (AvgIpc) is 2.28. The van der Waals surface area contributed by atoms with Crippen LogP contribution in [0.15, 0.2) is 18.3 Å². The van der Waals surface area contributed by atoms with E-state index >= 15 is 0 Å². The highest BCUT2D eigenvalue weighted by atomic mass is 16.5. The quantitative estimate of drug-likeness (QED) is 0.804. The van der Waals surface area contributed by atoms with Crippen LogP contribution in [0.25, 0.3) is 0 Å². The molecule has 0 radical (unpaired) electrons. The predicted molar refractivity (Wildman–Crippen MR) is 60.7 cm³/mol. The molecule has 0 amide bonds. The Labute approximate surface area is 95.3 Å². The third kappa shape index (κ3) is 2.95. The number of hydrogen-bond donors (Lipinski definition) is 1. The molecule has 1 rings (SSSR count). The summed E-state index contributed by atoms with van der Waals surface area (Å²) in [5.74, 6) is -0.866. The molecule has 0 aliphatic rings. The van der Waals surface area contributed by atoms with E-state index in [9.17, 15) is 4.79 Å². The molecule has 0 fully saturated rings. The topological polar surface area (TPSA) is 59.4 Å². The zero-order valence-corrected chi connectivity index (χ0v) is 9.64. The lowest BCUT2D eigenvalue weighted by Crippen LogP contribution is -2.14. The summed E-state index contributed by atoms with van der Waals surface area (Å²) >= 11 is 0. The summed E-state index contributed by atoms with van der Waals surface area (Å²) in [4.78, 5) is 15.2. The van der Waals surface area contributed by atoms with Crippen LogP contribution in [0.2, 0.25) is 0 Å². The van der Waals surface area contributed by atoms with Crippen LogP contribution in [0.4, 0.5) is 0 Å². The van der Waals surface area contributed by atoms with Crippen molar-refractivity contribution < 1.29 is 14.6 Å². The molecule has 4 nitrogen and oxygen atoms in total. The molecule has 0 aliphatic carbocycles. The van der Waals surface area contributed by atoms with E-state index in [1.165, 1.54) is 0 Å². The summed E-state index contributed by atoms with van der Waals surface area (Å²) < 4.78 is 5.49. The van der Waals surface area contributed by atoms with Crippen molar-refractivity contribution in [3.05, 3.63) is 24.0 Å². The lowest BCUT2D eigenvalue weighted by Gasteiger charge is -2.14. The van der Waals surface area contributed by atoms with Gasteiger partial charge >= 0.3 is 5.97 Å². The van der Waals surface area contributed by atoms with Crippen molar-refractivity contribution >= 4 is 5.97 Å². The standard InChI is InChI=1S/C12H17NO3/c1-3-8-16-10-6-5-7-13-11(10)9(4-2)12(14)15/h5-7,9H,3-4,8H2,1-2H3,(H,14,15). The van der Waals surface area contributed by atoms with E-state index in [1.54, 1.807) is 18.3 Å². The lowest BCUT2D eigenvalue weighted by atomic mass is 10.0. The van der Waals surface area contributed by atoms with Gasteiger partial charge in [0.1, 0.15) is 11.7 Å². The molecule has 1 atom stereocenters. The molecular formula is C12H17NO3. The number of carboxylic acids is 1. The minimum atomic E-state index is -0.859. The summed E-state index contributed by atoms with van der Waals surface area (Å²) in [7, 11) is 0. The monoisotopic (exact) mass is 223 g/mol. The molecule has 1 unspecified atom stereocenters. The molecule has 1 heterocycles. The van der Waals surface area contributed by atoms with Gasteiger partial charge in [-0.05, 0) is 25.0 Å². The maximum absolute atomic E-state index is 11.1. The van der Waals surface area contributed by atoms with Gasteiger partial charge in [-0.25, -0.2) is 0 Å². The minimum Gasteiger partial charge on any atom is -0.492 e. The molecule has 0 saturated heterocycles. The van der Waals surface area contributed by atoms with E-state index in [0.717, 1.165) is 6.42 Å². The van der Waals surface area contributed by atoms with Crippen LogP contribution in [0.3, 0.4) is 0 Å². The Balaban J connectivity index is 2.96. The van der Waals surface area contributed by atoms with Gasteiger partial charge in [-0.1, -0.05) is 13.8 Å². The first kappa shape index (κ1) is 12.5. The second-order valence-electron chi connectivity index (χ2n) is 3.53. The molecule has 4 heteroatoms. The van der Waals surface area contributed by atoms with Gasteiger partial charge in [-0.3, -0.25) is 9.78 Å². The van der Waals surface area contributed by atoms with Crippen molar-refractivity contribution in [2.75, 3.05) is 6.61 Å². The van der Waals surface area contributed by atoms with Crippen LogP contribution in [-0.2, 0) is 4.79 Å². The fourth-order valence-corrected chi connectivity index (χ4v) is 1.48. The fourth-order valence-electron chi connectivity index (χ4n) is 1.48. The maximum Gasteiger partial charge on any atom is 0.312 e. The van der Waals surface area contributed by atoms with Crippen LogP contribution < -0.4 is 4.74 Å². The third-order valence-electron chi connectivity index (χ3n) is 2.30. The van der Waals surface area contributed by atoms with E-state index in [1.807, 2.05) is 13.8 Å². The highest BCUT2D eigenvalue weighted by Crippen LogP contribution is 2.26. The van der Waals surface area contributed by atoms with Crippen molar-refractivity contribution in [2.45, 2.75) is 32.6 Å². The first-order chi connectivity index (χ1) is 7.70. The van der Waals surface area contributed by atoms with Gasteiger partial charge in [0.15, 0.2) is 0 Å². The molecule has 0 aromatic carbocycles. The Morgan fingerprint density at radius 2 is 2.31 bits per heavy atom. The number of pyridine rings is 1. The smallest absolute Gasteiger partial charge is 0.312 e.